The van der Waals surface area contributed by atoms with E-state index in [1.165, 1.54) is 18.3 Å². The minimum atomic E-state index is -0.123. The van der Waals surface area contributed by atoms with Crippen LogP contribution in [0, 0.1) is 0 Å². The van der Waals surface area contributed by atoms with Crippen LogP contribution in [0.5, 0.6) is 0 Å². The molecule has 0 aliphatic heterocycles. The third-order valence-corrected chi connectivity index (χ3v) is 5.98. The highest BCUT2D eigenvalue weighted by Gasteiger charge is 2.13. The van der Waals surface area contributed by atoms with Crippen molar-refractivity contribution in [1.82, 2.24) is 20.6 Å². The van der Waals surface area contributed by atoms with Crippen molar-refractivity contribution in [3.63, 3.8) is 0 Å². The van der Waals surface area contributed by atoms with Gasteiger partial charge in [0.2, 0.25) is 5.91 Å². The molecular formula is C17H24N4O2S3. The summed E-state index contributed by atoms with van der Waals surface area (Å²) in [4.78, 5) is 31.9. The number of amides is 2. The number of thioether (sulfide) groups is 1. The molecule has 142 valence electrons. The lowest BCUT2D eigenvalue weighted by Gasteiger charge is -2.01. The van der Waals surface area contributed by atoms with Crippen LogP contribution in [0.15, 0.2) is 10.8 Å². The van der Waals surface area contributed by atoms with E-state index in [4.69, 9.17) is 0 Å². The van der Waals surface area contributed by atoms with Gasteiger partial charge in [0.1, 0.15) is 16.4 Å². The molecule has 0 fully saturated rings. The van der Waals surface area contributed by atoms with E-state index in [0.29, 0.717) is 18.8 Å². The van der Waals surface area contributed by atoms with Gasteiger partial charge in [-0.3, -0.25) is 9.59 Å². The maximum Gasteiger partial charge on any atom is 0.270 e. The number of aromatic nitrogens is 2. The molecule has 2 N–H and O–H groups in total. The van der Waals surface area contributed by atoms with Crippen molar-refractivity contribution in [2.75, 3.05) is 25.1 Å². The van der Waals surface area contributed by atoms with Crippen LogP contribution in [0.3, 0.4) is 0 Å². The molecule has 2 heterocycles. The summed E-state index contributed by atoms with van der Waals surface area (Å²) in [6.07, 6.45) is 5.82. The lowest BCUT2D eigenvalue weighted by atomic mass is 10.2. The maximum atomic E-state index is 12.1. The molecular weight excluding hydrogens is 388 g/mol. The van der Waals surface area contributed by atoms with Crippen molar-refractivity contribution in [3.05, 3.63) is 21.5 Å². The molecule has 0 aromatic carbocycles. The molecule has 26 heavy (non-hydrogen) atoms. The molecule has 0 radical (unpaired) electrons. The third kappa shape index (κ3) is 7.05. The fraction of sp³-hybridized carbons (Fsp3) is 0.529. The first kappa shape index (κ1) is 20.9. The molecule has 0 atom stereocenters. The molecule has 2 aromatic rings. The zero-order valence-electron chi connectivity index (χ0n) is 15.0. The van der Waals surface area contributed by atoms with Crippen molar-refractivity contribution in [3.8, 4) is 10.7 Å². The minimum absolute atomic E-state index is 0.00870. The number of hydrogen-bond donors (Lipinski definition) is 2. The van der Waals surface area contributed by atoms with Crippen LogP contribution in [-0.2, 0) is 11.2 Å². The molecule has 0 aliphatic carbocycles. The van der Waals surface area contributed by atoms with E-state index < -0.39 is 0 Å². The molecule has 0 bridgehead atoms. The summed E-state index contributed by atoms with van der Waals surface area (Å²) in [6, 6.07) is 0. The Labute approximate surface area is 166 Å². The number of nitrogens with one attached hydrogen (secondary N) is 2. The van der Waals surface area contributed by atoms with Crippen LogP contribution in [-0.4, -0.2) is 46.9 Å². The average molecular weight is 413 g/mol. The first-order chi connectivity index (χ1) is 12.6. The SMILES string of the molecule is CSCCCNC(=O)c1csc(-c2csc(CCCCNC(C)=O)n2)n1. The number of carbonyl (C=O) groups excluding carboxylic acids is 2. The summed E-state index contributed by atoms with van der Waals surface area (Å²) in [5, 5.41) is 11.3. The van der Waals surface area contributed by atoms with Gasteiger partial charge in [-0.25, -0.2) is 9.97 Å². The van der Waals surface area contributed by atoms with Crippen LogP contribution >= 0.6 is 34.4 Å². The van der Waals surface area contributed by atoms with E-state index in [2.05, 4.69) is 26.9 Å². The topological polar surface area (TPSA) is 84.0 Å². The Morgan fingerprint density at radius 3 is 2.65 bits per heavy atom. The largest absolute Gasteiger partial charge is 0.356 e. The number of aryl methyl sites for hydroxylation is 1. The monoisotopic (exact) mass is 412 g/mol. The molecule has 0 spiro atoms. The molecule has 6 nitrogen and oxygen atoms in total. The number of nitrogens with zero attached hydrogens (tertiary/aromatic N) is 2. The highest BCUT2D eigenvalue weighted by Crippen LogP contribution is 2.26. The second-order valence-electron chi connectivity index (χ2n) is 5.71. The second-order valence-corrected chi connectivity index (χ2v) is 8.49. The third-order valence-electron chi connectivity index (χ3n) is 3.51. The van der Waals surface area contributed by atoms with Crippen molar-refractivity contribution >= 4 is 46.2 Å². The predicted octanol–water partition coefficient (Wildman–Crippen LogP) is 3.21. The van der Waals surface area contributed by atoms with Gasteiger partial charge in [0.15, 0.2) is 0 Å². The van der Waals surface area contributed by atoms with Gasteiger partial charge in [0, 0.05) is 30.8 Å². The van der Waals surface area contributed by atoms with Gasteiger partial charge < -0.3 is 10.6 Å². The Morgan fingerprint density at radius 2 is 1.88 bits per heavy atom. The average Bonchev–Trinajstić information content (AvgIpc) is 3.27. The number of thiazole rings is 2. The Morgan fingerprint density at radius 1 is 1.08 bits per heavy atom. The van der Waals surface area contributed by atoms with Gasteiger partial charge in [-0.05, 0) is 37.7 Å². The molecule has 0 saturated heterocycles. The van der Waals surface area contributed by atoms with Crippen LogP contribution in [0.4, 0.5) is 0 Å². The summed E-state index contributed by atoms with van der Waals surface area (Å²) in [6.45, 7) is 2.90. The lowest BCUT2D eigenvalue weighted by molar-refractivity contribution is -0.118. The zero-order chi connectivity index (χ0) is 18.8. The summed E-state index contributed by atoms with van der Waals surface area (Å²) in [5.41, 5.74) is 1.29. The van der Waals surface area contributed by atoms with E-state index in [-0.39, 0.29) is 11.8 Å². The van der Waals surface area contributed by atoms with Gasteiger partial charge >= 0.3 is 0 Å². The number of hydrogen-bond acceptors (Lipinski definition) is 7. The summed E-state index contributed by atoms with van der Waals surface area (Å²) >= 11 is 4.83. The first-order valence-corrected chi connectivity index (χ1v) is 11.7. The van der Waals surface area contributed by atoms with Crippen LogP contribution < -0.4 is 10.6 Å². The predicted molar refractivity (Wildman–Crippen MR) is 110 cm³/mol. The molecule has 0 saturated carbocycles. The van der Waals surface area contributed by atoms with Crippen molar-refractivity contribution in [2.45, 2.75) is 32.6 Å². The van der Waals surface area contributed by atoms with E-state index in [1.807, 2.05) is 5.38 Å². The van der Waals surface area contributed by atoms with Gasteiger partial charge in [-0.1, -0.05) is 0 Å². The summed E-state index contributed by atoms with van der Waals surface area (Å²) in [7, 11) is 0. The molecule has 2 rings (SSSR count). The molecule has 2 amide bonds. The molecule has 2 aromatic heterocycles. The van der Waals surface area contributed by atoms with Gasteiger partial charge in [-0.2, -0.15) is 11.8 Å². The van der Waals surface area contributed by atoms with Crippen molar-refractivity contribution in [1.29, 1.82) is 0 Å². The van der Waals surface area contributed by atoms with E-state index >= 15 is 0 Å². The standard InChI is InChI=1S/C17H24N4O2S3/c1-12(22)18-7-4-3-6-15-20-14(11-25-15)17-21-13(10-26-17)16(23)19-8-5-9-24-2/h10-11H,3-9H2,1-2H3,(H,18,22)(H,19,23). The fourth-order valence-corrected chi connectivity index (χ4v) is 4.29. The second kappa shape index (κ2) is 11.3. The molecule has 0 unspecified atom stereocenters. The first-order valence-electron chi connectivity index (χ1n) is 8.52. The van der Waals surface area contributed by atoms with Crippen LogP contribution in [0.25, 0.3) is 10.7 Å². The highest BCUT2D eigenvalue weighted by atomic mass is 32.2. The quantitative estimate of drug-likeness (QED) is 0.554. The number of carbonyl (C=O) groups is 2. The van der Waals surface area contributed by atoms with Gasteiger partial charge in [0.25, 0.3) is 5.91 Å². The molecule has 9 heteroatoms. The fourth-order valence-electron chi connectivity index (χ4n) is 2.19. The van der Waals surface area contributed by atoms with Gasteiger partial charge in [-0.15, -0.1) is 22.7 Å². The number of unbranched alkanes of at least 4 members (excludes halogenated alkanes) is 1. The smallest absolute Gasteiger partial charge is 0.270 e. The Kier molecular flexibility index (Phi) is 9.07. The Balaban J connectivity index is 1.80. The van der Waals surface area contributed by atoms with Crippen LogP contribution in [0.1, 0.15) is 41.7 Å². The van der Waals surface area contributed by atoms with E-state index in [1.54, 1.807) is 28.5 Å². The Bertz CT molecular complexity index is 714. The minimum Gasteiger partial charge on any atom is -0.356 e. The van der Waals surface area contributed by atoms with Crippen molar-refractivity contribution < 1.29 is 9.59 Å². The van der Waals surface area contributed by atoms with E-state index in [9.17, 15) is 9.59 Å². The summed E-state index contributed by atoms with van der Waals surface area (Å²) in [5.74, 6) is 0.922. The van der Waals surface area contributed by atoms with E-state index in [0.717, 1.165) is 47.1 Å². The maximum absolute atomic E-state index is 12.1. The van der Waals surface area contributed by atoms with Gasteiger partial charge in [0.05, 0.1) is 5.01 Å². The molecule has 0 aliphatic rings. The summed E-state index contributed by atoms with van der Waals surface area (Å²) < 4.78 is 0. The van der Waals surface area contributed by atoms with Crippen molar-refractivity contribution in [2.24, 2.45) is 0 Å². The van der Waals surface area contributed by atoms with Crippen LogP contribution in [0.2, 0.25) is 0 Å². The normalized spacial score (nSPS) is 10.7. The number of rotatable bonds is 11. The zero-order valence-corrected chi connectivity index (χ0v) is 17.5. The lowest BCUT2D eigenvalue weighted by Crippen LogP contribution is -2.25. The highest BCUT2D eigenvalue weighted by molar-refractivity contribution is 7.98. The Hall–Kier alpha value is -1.45.